The number of hydrogen-bond acceptors (Lipinski definition) is 3. The van der Waals surface area contributed by atoms with Crippen molar-refractivity contribution in [2.24, 2.45) is 10.9 Å². The molecule has 1 saturated carbocycles. The molecule has 0 bridgehead atoms. The number of esters is 1. The Morgan fingerprint density at radius 1 is 1.31 bits per heavy atom. The zero-order chi connectivity index (χ0) is 19.9. The summed E-state index contributed by atoms with van der Waals surface area (Å²) >= 11 is 6.12. The lowest BCUT2D eigenvalue weighted by Crippen LogP contribution is -2.45. The van der Waals surface area contributed by atoms with Crippen LogP contribution < -0.4 is 10.6 Å². The SMILES string of the molecule is CCOC(=O)C1CCC(NC(=NC)NCCc2c[nH]c3ccc(Cl)cc23)CC1.I. The lowest BCUT2D eigenvalue weighted by atomic mass is 9.86. The molecule has 1 aromatic carbocycles. The third kappa shape index (κ3) is 6.50. The first-order valence-electron chi connectivity index (χ1n) is 10.00. The summed E-state index contributed by atoms with van der Waals surface area (Å²) in [5.41, 5.74) is 2.33. The van der Waals surface area contributed by atoms with Crippen LogP contribution in [0.4, 0.5) is 0 Å². The molecule has 0 saturated heterocycles. The molecule has 2 aromatic rings. The maximum Gasteiger partial charge on any atom is 0.308 e. The summed E-state index contributed by atoms with van der Waals surface area (Å²) in [6, 6.07) is 6.23. The van der Waals surface area contributed by atoms with E-state index in [0.717, 1.165) is 60.5 Å². The van der Waals surface area contributed by atoms with Crippen LogP contribution in [0.3, 0.4) is 0 Å². The van der Waals surface area contributed by atoms with Gasteiger partial charge in [-0.25, -0.2) is 0 Å². The molecule has 160 valence electrons. The van der Waals surface area contributed by atoms with Crippen LogP contribution in [-0.2, 0) is 16.0 Å². The highest BCUT2D eigenvalue weighted by Crippen LogP contribution is 2.25. The molecule has 6 nitrogen and oxygen atoms in total. The van der Waals surface area contributed by atoms with Crippen LogP contribution in [0.1, 0.15) is 38.2 Å². The number of hydrogen-bond donors (Lipinski definition) is 3. The molecule has 3 N–H and O–H groups in total. The van der Waals surface area contributed by atoms with Crippen LogP contribution in [0.15, 0.2) is 29.4 Å². The number of rotatable bonds is 6. The van der Waals surface area contributed by atoms with E-state index in [9.17, 15) is 4.79 Å². The number of nitrogens with zero attached hydrogens (tertiary/aromatic N) is 1. The maximum absolute atomic E-state index is 11.9. The summed E-state index contributed by atoms with van der Waals surface area (Å²) < 4.78 is 5.14. The first-order chi connectivity index (χ1) is 13.6. The Labute approximate surface area is 194 Å². The topological polar surface area (TPSA) is 78.5 Å². The number of H-pyrrole nitrogens is 1. The fourth-order valence-corrected chi connectivity index (χ4v) is 3.97. The number of carbonyl (C=O) groups excluding carboxylic acids is 1. The van der Waals surface area contributed by atoms with E-state index in [1.807, 2.05) is 31.3 Å². The summed E-state index contributed by atoms with van der Waals surface area (Å²) in [6.07, 6.45) is 6.54. The number of benzene rings is 1. The third-order valence-corrected chi connectivity index (χ3v) is 5.56. The Hall–Kier alpha value is -1.48. The Bertz CT molecular complexity index is 831. The van der Waals surface area contributed by atoms with Crippen LogP contribution in [0.25, 0.3) is 10.9 Å². The van der Waals surface area contributed by atoms with Gasteiger partial charge < -0.3 is 20.4 Å². The number of aliphatic imine (C=N–C) groups is 1. The van der Waals surface area contributed by atoms with Gasteiger partial charge in [-0.1, -0.05) is 11.6 Å². The first-order valence-corrected chi connectivity index (χ1v) is 10.4. The van der Waals surface area contributed by atoms with Gasteiger partial charge in [0.25, 0.3) is 0 Å². The number of fused-ring (bicyclic) bond motifs is 1. The van der Waals surface area contributed by atoms with Crippen molar-refractivity contribution in [2.75, 3.05) is 20.2 Å². The van der Waals surface area contributed by atoms with Crippen LogP contribution in [0.2, 0.25) is 5.02 Å². The lowest BCUT2D eigenvalue weighted by molar-refractivity contribution is -0.149. The summed E-state index contributed by atoms with van der Waals surface area (Å²) in [4.78, 5) is 19.5. The zero-order valence-electron chi connectivity index (χ0n) is 17.0. The van der Waals surface area contributed by atoms with Crippen molar-refractivity contribution < 1.29 is 9.53 Å². The predicted octanol–water partition coefficient (Wildman–Crippen LogP) is 4.27. The van der Waals surface area contributed by atoms with E-state index in [4.69, 9.17) is 16.3 Å². The molecular weight excluding hydrogens is 503 g/mol. The van der Waals surface area contributed by atoms with Gasteiger partial charge >= 0.3 is 5.97 Å². The van der Waals surface area contributed by atoms with Crippen molar-refractivity contribution in [3.8, 4) is 0 Å². The van der Waals surface area contributed by atoms with Gasteiger partial charge in [-0.05, 0) is 62.8 Å². The number of aromatic amines is 1. The Kier molecular flexibility index (Phi) is 9.55. The molecule has 0 amide bonds. The molecule has 0 spiro atoms. The molecular formula is C21H30ClIN4O2. The van der Waals surface area contributed by atoms with E-state index < -0.39 is 0 Å². The highest BCUT2D eigenvalue weighted by molar-refractivity contribution is 14.0. The van der Waals surface area contributed by atoms with Gasteiger partial charge in [0.2, 0.25) is 0 Å². The standard InChI is InChI=1S/C21H29ClN4O2.HI/c1-3-28-20(27)14-4-7-17(8-5-14)26-21(23-2)24-11-10-15-13-25-19-9-6-16(22)12-18(15)19;/h6,9,12-14,17,25H,3-5,7-8,10-11H2,1-2H3,(H2,23,24,26);1H. The van der Waals surface area contributed by atoms with Gasteiger partial charge in [0.15, 0.2) is 5.96 Å². The quantitative estimate of drug-likeness (QED) is 0.225. The van der Waals surface area contributed by atoms with Crippen molar-refractivity contribution >= 4 is 58.4 Å². The first kappa shape index (κ1) is 23.8. The van der Waals surface area contributed by atoms with E-state index in [2.05, 4.69) is 20.6 Å². The van der Waals surface area contributed by atoms with Crippen LogP contribution >= 0.6 is 35.6 Å². The van der Waals surface area contributed by atoms with Gasteiger partial charge in [-0.3, -0.25) is 9.79 Å². The van der Waals surface area contributed by atoms with Crippen molar-refractivity contribution in [3.63, 3.8) is 0 Å². The van der Waals surface area contributed by atoms with Crippen molar-refractivity contribution in [3.05, 3.63) is 35.0 Å². The molecule has 1 fully saturated rings. The maximum atomic E-state index is 11.9. The molecule has 1 aliphatic carbocycles. The number of guanidine groups is 1. The molecule has 0 radical (unpaired) electrons. The minimum Gasteiger partial charge on any atom is -0.466 e. The minimum absolute atomic E-state index is 0. The normalized spacial score (nSPS) is 19.5. The average Bonchev–Trinajstić information content (AvgIpc) is 3.10. The molecule has 8 heteroatoms. The van der Waals surface area contributed by atoms with Crippen LogP contribution in [0.5, 0.6) is 0 Å². The Balaban J connectivity index is 0.00000300. The molecule has 0 unspecified atom stereocenters. The highest BCUT2D eigenvalue weighted by Gasteiger charge is 2.27. The largest absolute Gasteiger partial charge is 0.466 e. The minimum atomic E-state index is -0.0534. The van der Waals surface area contributed by atoms with Gasteiger partial charge in [-0.15, -0.1) is 24.0 Å². The molecule has 0 aliphatic heterocycles. The van der Waals surface area contributed by atoms with Crippen molar-refractivity contribution in [1.29, 1.82) is 0 Å². The molecule has 1 aliphatic rings. The van der Waals surface area contributed by atoms with Gasteiger partial charge in [-0.2, -0.15) is 0 Å². The summed E-state index contributed by atoms with van der Waals surface area (Å²) in [6.45, 7) is 3.08. The molecule has 1 aromatic heterocycles. The fourth-order valence-electron chi connectivity index (χ4n) is 3.79. The fraction of sp³-hybridized carbons (Fsp3) is 0.524. The monoisotopic (exact) mass is 532 g/mol. The molecule has 3 rings (SSSR count). The number of nitrogens with one attached hydrogen (secondary N) is 3. The van der Waals surface area contributed by atoms with E-state index in [0.29, 0.717) is 12.6 Å². The third-order valence-electron chi connectivity index (χ3n) is 5.33. The zero-order valence-corrected chi connectivity index (χ0v) is 20.1. The molecule has 0 atom stereocenters. The molecule has 29 heavy (non-hydrogen) atoms. The molecule has 1 heterocycles. The van der Waals surface area contributed by atoms with Crippen molar-refractivity contribution in [2.45, 2.75) is 45.1 Å². The van der Waals surface area contributed by atoms with E-state index in [1.54, 1.807) is 7.05 Å². The summed E-state index contributed by atoms with van der Waals surface area (Å²) in [5.74, 6) is 0.793. The van der Waals surface area contributed by atoms with Gasteiger partial charge in [0.05, 0.1) is 12.5 Å². The van der Waals surface area contributed by atoms with Gasteiger partial charge in [0.1, 0.15) is 0 Å². The van der Waals surface area contributed by atoms with E-state index >= 15 is 0 Å². The Morgan fingerprint density at radius 2 is 2.07 bits per heavy atom. The summed E-state index contributed by atoms with van der Waals surface area (Å²) in [5, 5.41) is 8.78. The second-order valence-electron chi connectivity index (χ2n) is 7.20. The second-order valence-corrected chi connectivity index (χ2v) is 7.63. The number of ether oxygens (including phenoxy) is 1. The smallest absolute Gasteiger partial charge is 0.308 e. The van der Waals surface area contributed by atoms with Crippen LogP contribution in [0, 0.1) is 5.92 Å². The van der Waals surface area contributed by atoms with Gasteiger partial charge in [0, 0.05) is 41.8 Å². The second kappa shape index (κ2) is 11.6. The lowest BCUT2D eigenvalue weighted by Gasteiger charge is -2.29. The average molecular weight is 533 g/mol. The predicted molar refractivity (Wildman–Crippen MR) is 129 cm³/mol. The van der Waals surface area contributed by atoms with E-state index in [1.165, 1.54) is 5.56 Å². The number of carbonyl (C=O) groups is 1. The Morgan fingerprint density at radius 3 is 2.76 bits per heavy atom. The summed E-state index contributed by atoms with van der Waals surface area (Å²) in [7, 11) is 1.78. The van der Waals surface area contributed by atoms with E-state index in [-0.39, 0.29) is 35.9 Å². The van der Waals surface area contributed by atoms with Crippen molar-refractivity contribution in [1.82, 2.24) is 15.6 Å². The highest BCUT2D eigenvalue weighted by atomic mass is 127. The van der Waals surface area contributed by atoms with Crippen LogP contribution in [-0.4, -0.2) is 43.2 Å². The number of halogens is 2. The number of aromatic nitrogens is 1.